The molecule has 0 radical (unpaired) electrons. The number of aryl methyl sites for hydroxylation is 3. The van der Waals surface area contributed by atoms with E-state index in [4.69, 9.17) is 0 Å². The van der Waals surface area contributed by atoms with Crippen LogP contribution >= 0.6 is 11.8 Å². The van der Waals surface area contributed by atoms with Crippen molar-refractivity contribution >= 4 is 23.4 Å². The van der Waals surface area contributed by atoms with Gasteiger partial charge in [-0.3, -0.25) is 9.59 Å². The van der Waals surface area contributed by atoms with Crippen LogP contribution in [0.4, 0.5) is 5.69 Å². The van der Waals surface area contributed by atoms with Gasteiger partial charge in [0.1, 0.15) is 0 Å². The number of aromatic nitrogens is 2. The Bertz CT molecular complexity index is 779. The van der Waals surface area contributed by atoms with Gasteiger partial charge in [0.25, 0.3) is 5.56 Å². The van der Waals surface area contributed by atoms with Gasteiger partial charge in [0.2, 0.25) is 5.91 Å². The minimum Gasteiger partial charge on any atom is -0.325 e. The smallest absolute Gasteiger partial charge is 0.251 e. The third kappa shape index (κ3) is 4.95. The van der Waals surface area contributed by atoms with Gasteiger partial charge < -0.3 is 10.3 Å². The third-order valence-corrected chi connectivity index (χ3v) is 5.02. The second kappa shape index (κ2) is 8.85. The Kier molecular flexibility index (Phi) is 6.82. The van der Waals surface area contributed by atoms with Crippen molar-refractivity contribution in [2.24, 2.45) is 0 Å². The molecule has 0 bridgehead atoms. The lowest BCUT2D eigenvalue weighted by Crippen LogP contribution is -2.24. The van der Waals surface area contributed by atoms with E-state index in [0.717, 1.165) is 35.3 Å². The molecule has 1 aromatic heterocycles. The minimum absolute atomic E-state index is 0.0925. The van der Waals surface area contributed by atoms with Crippen molar-refractivity contribution in [3.63, 3.8) is 0 Å². The Labute approximate surface area is 152 Å². The number of thioether (sulfide) groups is 1. The number of aromatic amines is 1. The Morgan fingerprint density at radius 3 is 2.40 bits per heavy atom. The molecule has 1 aromatic carbocycles. The lowest BCUT2D eigenvalue weighted by Gasteiger charge is -2.17. The predicted octanol–water partition coefficient (Wildman–Crippen LogP) is 3.58. The van der Waals surface area contributed by atoms with Crippen LogP contribution in [0.5, 0.6) is 0 Å². The average molecular weight is 359 g/mol. The van der Waals surface area contributed by atoms with Gasteiger partial charge in [0, 0.05) is 17.4 Å². The Hall–Kier alpha value is -2.08. The highest BCUT2D eigenvalue weighted by Crippen LogP contribution is 2.25. The summed E-state index contributed by atoms with van der Waals surface area (Å²) in [7, 11) is 0. The van der Waals surface area contributed by atoms with E-state index in [9.17, 15) is 9.59 Å². The van der Waals surface area contributed by atoms with E-state index in [1.807, 2.05) is 32.0 Å². The second-order valence-corrected chi connectivity index (χ2v) is 7.13. The average Bonchev–Trinajstić information content (AvgIpc) is 2.61. The zero-order valence-electron chi connectivity index (χ0n) is 15.2. The third-order valence-electron chi connectivity index (χ3n) is 4.04. The van der Waals surface area contributed by atoms with Crippen molar-refractivity contribution in [3.8, 4) is 0 Å². The van der Waals surface area contributed by atoms with Crippen LogP contribution in [0.2, 0.25) is 0 Å². The maximum atomic E-state index is 12.6. The summed E-state index contributed by atoms with van der Waals surface area (Å²) < 4.78 is 0. The van der Waals surface area contributed by atoms with Gasteiger partial charge >= 0.3 is 0 Å². The summed E-state index contributed by atoms with van der Waals surface area (Å²) in [5, 5.41) is 3.17. The van der Waals surface area contributed by atoms with Gasteiger partial charge in [0.05, 0.1) is 5.25 Å². The van der Waals surface area contributed by atoms with Crippen molar-refractivity contribution in [1.82, 2.24) is 9.97 Å². The molecule has 2 aromatic rings. The number of nitrogens with zero attached hydrogens (tertiary/aromatic N) is 1. The molecule has 1 amide bonds. The summed E-state index contributed by atoms with van der Waals surface area (Å²) in [6, 6.07) is 7.59. The highest BCUT2D eigenvalue weighted by atomic mass is 32.2. The van der Waals surface area contributed by atoms with Crippen LogP contribution in [0, 0.1) is 0 Å². The molecule has 1 unspecified atom stereocenters. The van der Waals surface area contributed by atoms with E-state index in [0.29, 0.717) is 11.6 Å². The van der Waals surface area contributed by atoms with Crippen LogP contribution < -0.4 is 10.9 Å². The summed E-state index contributed by atoms with van der Waals surface area (Å²) >= 11 is 1.26. The van der Waals surface area contributed by atoms with Crippen molar-refractivity contribution in [2.45, 2.75) is 57.4 Å². The molecule has 0 fully saturated rings. The fourth-order valence-electron chi connectivity index (χ4n) is 2.57. The summed E-state index contributed by atoms with van der Waals surface area (Å²) in [5.41, 5.74) is 3.71. The number of H-pyrrole nitrogens is 1. The second-order valence-electron chi connectivity index (χ2n) is 5.80. The number of rotatable bonds is 7. The van der Waals surface area contributed by atoms with Crippen LogP contribution in [0.3, 0.4) is 0 Å². The molecule has 25 heavy (non-hydrogen) atoms. The first-order valence-electron chi connectivity index (χ1n) is 8.66. The molecule has 2 N–H and O–H groups in total. The first kappa shape index (κ1) is 19.2. The van der Waals surface area contributed by atoms with Gasteiger partial charge in [-0.05, 0) is 37.3 Å². The molecule has 6 heteroatoms. The number of anilines is 1. The quantitative estimate of drug-likeness (QED) is 0.585. The van der Waals surface area contributed by atoms with Gasteiger partial charge in [-0.2, -0.15) is 0 Å². The number of carbonyl (C=O) groups is 1. The van der Waals surface area contributed by atoms with Crippen LogP contribution in [0.1, 0.15) is 44.5 Å². The molecular formula is C19H25N3O2S. The van der Waals surface area contributed by atoms with Crippen molar-refractivity contribution in [2.75, 3.05) is 5.32 Å². The highest BCUT2D eigenvalue weighted by molar-refractivity contribution is 8.00. The number of amides is 1. The lowest BCUT2D eigenvalue weighted by atomic mass is 10.0. The molecule has 0 aliphatic rings. The van der Waals surface area contributed by atoms with E-state index in [1.165, 1.54) is 17.8 Å². The maximum absolute atomic E-state index is 12.6. The van der Waals surface area contributed by atoms with E-state index >= 15 is 0 Å². The molecule has 1 atom stereocenters. The molecule has 1 heterocycles. The molecule has 0 spiro atoms. The number of para-hydroxylation sites is 1. The molecule has 2 rings (SSSR count). The van der Waals surface area contributed by atoms with Crippen LogP contribution in [0.25, 0.3) is 0 Å². The Morgan fingerprint density at radius 1 is 1.20 bits per heavy atom. The monoisotopic (exact) mass is 359 g/mol. The molecule has 0 aliphatic heterocycles. The Balaban J connectivity index is 2.16. The largest absolute Gasteiger partial charge is 0.325 e. The summed E-state index contributed by atoms with van der Waals surface area (Å²) in [4.78, 5) is 31.4. The van der Waals surface area contributed by atoms with Crippen LogP contribution in [-0.2, 0) is 24.1 Å². The van der Waals surface area contributed by atoms with Crippen molar-refractivity contribution < 1.29 is 4.79 Å². The zero-order chi connectivity index (χ0) is 18.4. The molecule has 0 aliphatic carbocycles. The van der Waals surface area contributed by atoms with E-state index in [-0.39, 0.29) is 16.7 Å². The fraction of sp³-hybridized carbons (Fsp3) is 0.421. The standard InChI is InChI=1S/C19H25N3O2S/c1-5-13-9-8-10-14(6-2)17(13)22-18(24)12(4)25-19-20-15(7-3)11-16(23)21-19/h8-12H,5-7H2,1-4H3,(H,22,24)(H,20,21,23). The van der Waals surface area contributed by atoms with Gasteiger partial charge in [-0.15, -0.1) is 0 Å². The normalized spacial score (nSPS) is 12.0. The Morgan fingerprint density at radius 2 is 1.84 bits per heavy atom. The molecular weight excluding hydrogens is 334 g/mol. The van der Waals surface area contributed by atoms with Crippen LogP contribution in [-0.4, -0.2) is 21.1 Å². The number of benzene rings is 1. The molecule has 5 nitrogen and oxygen atoms in total. The molecule has 0 saturated heterocycles. The van der Waals surface area contributed by atoms with Gasteiger partial charge in [0.15, 0.2) is 5.16 Å². The number of hydrogen-bond donors (Lipinski definition) is 2. The highest BCUT2D eigenvalue weighted by Gasteiger charge is 2.18. The van der Waals surface area contributed by atoms with Crippen molar-refractivity contribution in [3.05, 3.63) is 51.4 Å². The SMILES string of the molecule is CCc1cc(=O)[nH]c(SC(C)C(=O)Nc2c(CC)cccc2CC)n1. The number of nitrogens with one attached hydrogen (secondary N) is 2. The van der Waals surface area contributed by atoms with E-state index in [1.54, 1.807) is 0 Å². The van der Waals surface area contributed by atoms with E-state index < -0.39 is 0 Å². The summed E-state index contributed by atoms with van der Waals surface area (Å²) in [5.74, 6) is -0.0925. The first-order chi connectivity index (χ1) is 12.0. The predicted molar refractivity (Wildman–Crippen MR) is 103 cm³/mol. The molecule has 134 valence electrons. The lowest BCUT2D eigenvalue weighted by molar-refractivity contribution is -0.115. The minimum atomic E-state index is -0.370. The fourth-order valence-corrected chi connectivity index (χ4v) is 3.40. The van der Waals surface area contributed by atoms with Crippen LogP contribution in [0.15, 0.2) is 34.2 Å². The van der Waals surface area contributed by atoms with Gasteiger partial charge in [-0.1, -0.05) is 50.7 Å². The zero-order valence-corrected chi connectivity index (χ0v) is 16.0. The first-order valence-corrected chi connectivity index (χ1v) is 9.54. The number of hydrogen-bond acceptors (Lipinski definition) is 4. The van der Waals surface area contributed by atoms with Gasteiger partial charge in [-0.25, -0.2) is 4.98 Å². The molecule has 0 saturated carbocycles. The summed E-state index contributed by atoms with van der Waals surface area (Å²) in [6.07, 6.45) is 2.40. The topological polar surface area (TPSA) is 74.8 Å². The number of carbonyl (C=O) groups excluding carboxylic acids is 1. The maximum Gasteiger partial charge on any atom is 0.251 e. The van der Waals surface area contributed by atoms with E-state index in [2.05, 4.69) is 29.1 Å². The summed E-state index contributed by atoms with van der Waals surface area (Å²) in [6.45, 7) is 7.92. The van der Waals surface area contributed by atoms with Crippen molar-refractivity contribution in [1.29, 1.82) is 0 Å².